The van der Waals surface area contributed by atoms with Gasteiger partial charge in [-0.1, -0.05) is 26.0 Å². The normalized spacial score (nSPS) is 11.2. The zero-order valence-electron chi connectivity index (χ0n) is 13.5. The minimum atomic E-state index is -0.360. The molecule has 0 spiro atoms. The zero-order chi connectivity index (χ0) is 16.5. The van der Waals surface area contributed by atoms with Gasteiger partial charge in [0.25, 0.3) is 0 Å². The number of nitrogens with one attached hydrogen (secondary N) is 1. The molecule has 0 radical (unpaired) electrons. The molecule has 1 N–H and O–H groups in total. The van der Waals surface area contributed by atoms with Crippen LogP contribution in [0.3, 0.4) is 0 Å². The molecule has 0 saturated heterocycles. The Morgan fingerprint density at radius 2 is 1.86 bits per heavy atom. The Bertz CT molecular complexity index is 532. The van der Waals surface area contributed by atoms with Crippen molar-refractivity contribution in [2.24, 2.45) is 5.92 Å². The lowest BCUT2D eigenvalue weighted by Gasteiger charge is -2.14. The second-order valence-corrected chi connectivity index (χ2v) is 5.08. The molecule has 1 aromatic carbocycles. The Balaban J connectivity index is 2.78. The topological polar surface area (TPSA) is 64.6 Å². The van der Waals surface area contributed by atoms with Gasteiger partial charge in [0.1, 0.15) is 0 Å². The van der Waals surface area contributed by atoms with E-state index in [0.717, 1.165) is 16.9 Å². The van der Waals surface area contributed by atoms with Crippen LogP contribution in [0.15, 0.2) is 36.0 Å². The monoisotopic (exact) mass is 305 g/mol. The van der Waals surface area contributed by atoms with E-state index in [1.54, 1.807) is 6.92 Å². The van der Waals surface area contributed by atoms with Crippen molar-refractivity contribution in [3.63, 3.8) is 0 Å². The smallest absolute Gasteiger partial charge is 0.332 e. The molecule has 0 unspecified atom stereocenters. The van der Waals surface area contributed by atoms with Crippen LogP contribution < -0.4 is 5.32 Å². The molecule has 5 heteroatoms. The first-order valence-corrected chi connectivity index (χ1v) is 7.27. The van der Waals surface area contributed by atoms with Crippen LogP contribution in [-0.4, -0.2) is 25.7 Å². The summed E-state index contributed by atoms with van der Waals surface area (Å²) in [5, 5.41) is 3.21. The Morgan fingerprint density at radius 1 is 1.23 bits per heavy atom. The maximum absolute atomic E-state index is 11.6. The molecule has 0 saturated carbocycles. The first-order valence-electron chi connectivity index (χ1n) is 7.27. The number of esters is 2. The van der Waals surface area contributed by atoms with Crippen molar-refractivity contribution in [1.82, 2.24) is 0 Å². The van der Waals surface area contributed by atoms with Crippen molar-refractivity contribution in [2.45, 2.75) is 27.2 Å². The van der Waals surface area contributed by atoms with Crippen LogP contribution in [0.25, 0.3) is 0 Å². The van der Waals surface area contributed by atoms with E-state index in [0.29, 0.717) is 6.61 Å². The fourth-order valence-corrected chi connectivity index (χ4v) is 1.77. The summed E-state index contributed by atoms with van der Waals surface area (Å²) in [6.45, 7) is 6.10. The zero-order valence-corrected chi connectivity index (χ0v) is 13.5. The van der Waals surface area contributed by atoms with Gasteiger partial charge in [-0.25, -0.2) is 4.79 Å². The minimum Gasteiger partial charge on any atom is -0.469 e. The highest BCUT2D eigenvalue weighted by atomic mass is 16.5. The summed E-state index contributed by atoms with van der Waals surface area (Å²) in [6, 6.07) is 7.42. The lowest BCUT2D eigenvalue weighted by atomic mass is 10.1. The molecule has 120 valence electrons. The maximum Gasteiger partial charge on any atom is 0.332 e. The summed E-state index contributed by atoms with van der Waals surface area (Å²) >= 11 is 0. The molecule has 0 fully saturated rings. The molecular weight excluding hydrogens is 282 g/mol. The molecule has 0 heterocycles. The quantitative estimate of drug-likeness (QED) is 0.620. The van der Waals surface area contributed by atoms with Gasteiger partial charge in [0, 0.05) is 17.5 Å². The largest absolute Gasteiger partial charge is 0.469 e. The van der Waals surface area contributed by atoms with Crippen LogP contribution in [0, 0.1) is 5.92 Å². The Morgan fingerprint density at radius 3 is 2.36 bits per heavy atom. The number of carbonyl (C=O) groups excluding carboxylic acids is 2. The van der Waals surface area contributed by atoms with Gasteiger partial charge in [-0.3, -0.25) is 4.79 Å². The number of ether oxygens (including phenoxy) is 2. The number of rotatable bonds is 7. The highest BCUT2D eigenvalue weighted by molar-refractivity contribution is 5.83. The van der Waals surface area contributed by atoms with Crippen molar-refractivity contribution in [2.75, 3.05) is 19.0 Å². The summed E-state index contributed by atoms with van der Waals surface area (Å²) in [4.78, 5) is 22.8. The summed E-state index contributed by atoms with van der Waals surface area (Å²) in [5.74, 6) is -0.481. The van der Waals surface area contributed by atoms with Gasteiger partial charge >= 0.3 is 11.9 Å². The third-order valence-electron chi connectivity index (χ3n) is 3.00. The molecular formula is C17H23NO4. The second kappa shape index (κ2) is 8.87. The molecule has 0 aliphatic rings. The van der Waals surface area contributed by atoms with Gasteiger partial charge in [0.05, 0.1) is 20.1 Å². The fraction of sp³-hybridized carbons (Fsp3) is 0.412. The SMILES string of the molecule is CCOC(=O)C=C(Nc1ccc(CC(=O)OC)cc1)C(C)C. The van der Waals surface area contributed by atoms with Crippen LogP contribution in [0.4, 0.5) is 5.69 Å². The average Bonchev–Trinajstić information content (AvgIpc) is 2.48. The van der Waals surface area contributed by atoms with E-state index in [9.17, 15) is 9.59 Å². The van der Waals surface area contributed by atoms with Gasteiger partial charge in [-0.05, 0) is 30.5 Å². The highest BCUT2D eigenvalue weighted by Gasteiger charge is 2.08. The van der Waals surface area contributed by atoms with E-state index in [4.69, 9.17) is 4.74 Å². The standard InChI is InChI=1S/C17H23NO4/c1-5-22-17(20)11-15(12(2)3)18-14-8-6-13(7-9-14)10-16(19)21-4/h6-9,11-12,18H,5,10H2,1-4H3. The van der Waals surface area contributed by atoms with E-state index in [1.807, 2.05) is 38.1 Å². The molecule has 1 aromatic rings. The summed E-state index contributed by atoms with van der Waals surface area (Å²) in [5.41, 5.74) is 2.50. The van der Waals surface area contributed by atoms with Gasteiger partial charge in [-0.2, -0.15) is 0 Å². The van der Waals surface area contributed by atoms with E-state index < -0.39 is 0 Å². The Hall–Kier alpha value is -2.30. The van der Waals surface area contributed by atoms with E-state index in [2.05, 4.69) is 10.1 Å². The number of carbonyl (C=O) groups is 2. The molecule has 0 aromatic heterocycles. The molecule has 0 aliphatic heterocycles. The number of methoxy groups -OCH3 is 1. The van der Waals surface area contributed by atoms with E-state index in [1.165, 1.54) is 13.2 Å². The summed E-state index contributed by atoms with van der Waals surface area (Å²) in [7, 11) is 1.37. The van der Waals surface area contributed by atoms with E-state index >= 15 is 0 Å². The van der Waals surface area contributed by atoms with Crippen LogP contribution >= 0.6 is 0 Å². The van der Waals surface area contributed by atoms with Gasteiger partial charge in [0.2, 0.25) is 0 Å². The van der Waals surface area contributed by atoms with Gasteiger partial charge < -0.3 is 14.8 Å². The first kappa shape index (κ1) is 17.8. The van der Waals surface area contributed by atoms with Crippen molar-refractivity contribution in [3.8, 4) is 0 Å². The lowest BCUT2D eigenvalue weighted by Crippen LogP contribution is -2.11. The summed E-state index contributed by atoms with van der Waals surface area (Å²) < 4.78 is 9.56. The van der Waals surface area contributed by atoms with Crippen molar-refractivity contribution in [1.29, 1.82) is 0 Å². The third kappa shape index (κ3) is 5.99. The predicted octanol–water partition coefficient (Wildman–Crippen LogP) is 2.92. The number of hydrogen-bond acceptors (Lipinski definition) is 5. The number of anilines is 1. The van der Waals surface area contributed by atoms with Crippen molar-refractivity contribution in [3.05, 3.63) is 41.6 Å². The molecule has 1 rings (SSSR count). The van der Waals surface area contributed by atoms with Crippen LogP contribution in [0.1, 0.15) is 26.3 Å². The summed E-state index contributed by atoms with van der Waals surface area (Å²) in [6.07, 6.45) is 1.71. The maximum atomic E-state index is 11.6. The van der Waals surface area contributed by atoms with Crippen molar-refractivity contribution >= 4 is 17.6 Å². The fourth-order valence-electron chi connectivity index (χ4n) is 1.77. The molecule has 0 amide bonds. The minimum absolute atomic E-state index is 0.152. The molecule has 22 heavy (non-hydrogen) atoms. The molecule has 0 bridgehead atoms. The molecule has 0 aliphatic carbocycles. The van der Waals surface area contributed by atoms with Crippen LogP contribution in [-0.2, 0) is 25.5 Å². The van der Waals surface area contributed by atoms with Crippen LogP contribution in [0.2, 0.25) is 0 Å². The predicted molar refractivity (Wildman–Crippen MR) is 85.3 cm³/mol. The Kier molecular flexibility index (Phi) is 7.16. The number of benzene rings is 1. The average molecular weight is 305 g/mol. The lowest BCUT2D eigenvalue weighted by molar-refractivity contribution is -0.140. The van der Waals surface area contributed by atoms with Gasteiger partial charge in [-0.15, -0.1) is 0 Å². The Labute approximate surface area is 131 Å². The third-order valence-corrected chi connectivity index (χ3v) is 3.00. The molecule has 5 nitrogen and oxygen atoms in total. The molecule has 0 atom stereocenters. The highest BCUT2D eigenvalue weighted by Crippen LogP contribution is 2.17. The second-order valence-electron chi connectivity index (χ2n) is 5.08. The first-order chi connectivity index (χ1) is 10.5. The van der Waals surface area contributed by atoms with Crippen molar-refractivity contribution < 1.29 is 19.1 Å². The number of hydrogen-bond donors (Lipinski definition) is 1. The van der Waals surface area contributed by atoms with Gasteiger partial charge in [0.15, 0.2) is 0 Å². The van der Waals surface area contributed by atoms with Crippen LogP contribution in [0.5, 0.6) is 0 Å². The van der Waals surface area contributed by atoms with E-state index in [-0.39, 0.29) is 24.3 Å². The number of allylic oxidation sites excluding steroid dienone is 1.